The van der Waals surface area contributed by atoms with Crippen LogP contribution in [0.4, 0.5) is 11.8 Å². The molecule has 4 nitrogen and oxygen atoms in total. The summed E-state index contributed by atoms with van der Waals surface area (Å²) in [5.41, 5.74) is 1.19. The first-order chi connectivity index (χ1) is 10.1. The van der Waals surface area contributed by atoms with Gasteiger partial charge in [-0.05, 0) is 47.0 Å². The van der Waals surface area contributed by atoms with Crippen LogP contribution in [-0.2, 0) is 0 Å². The Kier molecular flexibility index (Phi) is 5.99. The highest BCUT2D eigenvalue weighted by Gasteiger charge is 2.10. The maximum absolute atomic E-state index is 4.51. The van der Waals surface area contributed by atoms with Crippen molar-refractivity contribution in [3.8, 4) is 0 Å². The number of nitrogens with one attached hydrogen (secondary N) is 2. The summed E-state index contributed by atoms with van der Waals surface area (Å²) < 4.78 is 1.92. The average Bonchev–Trinajstić information content (AvgIpc) is 2.48. The molecule has 0 aliphatic heterocycles. The van der Waals surface area contributed by atoms with Gasteiger partial charge in [-0.1, -0.05) is 35.0 Å². The van der Waals surface area contributed by atoms with Gasteiger partial charge in [-0.25, -0.2) is 4.98 Å². The Morgan fingerprint density at radius 3 is 2.81 bits per heavy atom. The summed E-state index contributed by atoms with van der Waals surface area (Å²) in [7, 11) is 0. The van der Waals surface area contributed by atoms with Crippen molar-refractivity contribution < 1.29 is 0 Å². The highest BCUT2D eigenvalue weighted by atomic mass is 79.9. The SMILES string of the molecule is CCCNc1ncc(Br)c(NC(C)c2cccc(Br)c2)n1. The number of aromatic nitrogens is 2. The van der Waals surface area contributed by atoms with E-state index in [9.17, 15) is 0 Å². The molecule has 0 amide bonds. The Morgan fingerprint density at radius 2 is 2.10 bits per heavy atom. The fourth-order valence-corrected chi connectivity index (χ4v) is 2.58. The molecule has 0 aliphatic carbocycles. The van der Waals surface area contributed by atoms with Crippen molar-refractivity contribution >= 4 is 43.6 Å². The largest absolute Gasteiger partial charge is 0.362 e. The topological polar surface area (TPSA) is 49.8 Å². The third-order valence-electron chi connectivity index (χ3n) is 2.98. The zero-order valence-electron chi connectivity index (χ0n) is 12.0. The first kappa shape index (κ1) is 16.2. The van der Waals surface area contributed by atoms with Crippen LogP contribution in [0, 0.1) is 0 Å². The van der Waals surface area contributed by atoms with E-state index in [1.807, 2.05) is 12.1 Å². The fraction of sp³-hybridized carbons (Fsp3) is 0.333. The molecule has 0 radical (unpaired) electrons. The molecule has 112 valence electrons. The first-order valence-electron chi connectivity index (χ1n) is 6.88. The molecular weight excluding hydrogens is 396 g/mol. The van der Waals surface area contributed by atoms with E-state index in [1.165, 1.54) is 5.56 Å². The van der Waals surface area contributed by atoms with Gasteiger partial charge in [0.2, 0.25) is 5.95 Å². The Hall–Kier alpha value is -1.14. The van der Waals surface area contributed by atoms with Crippen LogP contribution in [0.15, 0.2) is 39.4 Å². The standard InChI is InChI=1S/C15H18Br2N4/c1-3-7-18-15-19-9-13(17)14(21-15)20-10(2)11-5-4-6-12(16)8-11/h4-6,8-10H,3,7H2,1-2H3,(H2,18,19,20,21). The molecule has 1 aromatic carbocycles. The molecule has 1 heterocycles. The zero-order chi connectivity index (χ0) is 15.2. The highest BCUT2D eigenvalue weighted by Crippen LogP contribution is 2.26. The normalized spacial score (nSPS) is 12.0. The number of benzene rings is 1. The number of hydrogen-bond donors (Lipinski definition) is 2. The van der Waals surface area contributed by atoms with Gasteiger partial charge in [-0.2, -0.15) is 4.98 Å². The van der Waals surface area contributed by atoms with Crippen LogP contribution in [0.2, 0.25) is 0 Å². The quantitative estimate of drug-likeness (QED) is 0.699. The highest BCUT2D eigenvalue weighted by molar-refractivity contribution is 9.10. The van der Waals surface area contributed by atoms with E-state index in [4.69, 9.17) is 0 Å². The summed E-state index contributed by atoms with van der Waals surface area (Å²) in [6, 6.07) is 8.38. The van der Waals surface area contributed by atoms with E-state index in [0.29, 0.717) is 5.95 Å². The van der Waals surface area contributed by atoms with Crippen molar-refractivity contribution in [1.29, 1.82) is 0 Å². The molecule has 1 unspecified atom stereocenters. The van der Waals surface area contributed by atoms with Crippen molar-refractivity contribution in [3.63, 3.8) is 0 Å². The zero-order valence-corrected chi connectivity index (χ0v) is 15.2. The molecule has 0 saturated carbocycles. The van der Waals surface area contributed by atoms with Gasteiger partial charge in [-0.15, -0.1) is 0 Å². The molecular formula is C15H18Br2N4. The molecule has 0 bridgehead atoms. The molecule has 0 spiro atoms. The Labute approximate surface area is 142 Å². The lowest BCUT2D eigenvalue weighted by Gasteiger charge is -2.17. The van der Waals surface area contributed by atoms with Crippen LogP contribution in [-0.4, -0.2) is 16.5 Å². The minimum absolute atomic E-state index is 0.146. The van der Waals surface area contributed by atoms with Gasteiger partial charge >= 0.3 is 0 Å². The maximum atomic E-state index is 4.51. The summed E-state index contributed by atoms with van der Waals surface area (Å²) in [5, 5.41) is 6.61. The van der Waals surface area contributed by atoms with Gasteiger partial charge in [0, 0.05) is 17.2 Å². The summed E-state index contributed by atoms with van der Waals surface area (Å²) in [5.74, 6) is 1.43. The number of rotatable bonds is 6. The third-order valence-corrected chi connectivity index (χ3v) is 4.05. The Balaban J connectivity index is 2.14. The molecule has 0 saturated heterocycles. The van der Waals surface area contributed by atoms with Gasteiger partial charge < -0.3 is 10.6 Å². The molecule has 2 N–H and O–H groups in total. The molecule has 0 aliphatic rings. The second-order valence-corrected chi connectivity index (χ2v) is 6.51. The van der Waals surface area contributed by atoms with Crippen molar-refractivity contribution in [2.24, 2.45) is 0 Å². The predicted molar refractivity (Wildman–Crippen MR) is 94.7 cm³/mol. The number of halogens is 2. The van der Waals surface area contributed by atoms with Crippen LogP contribution in [0.1, 0.15) is 31.9 Å². The number of anilines is 2. The minimum atomic E-state index is 0.146. The molecule has 6 heteroatoms. The Morgan fingerprint density at radius 1 is 1.29 bits per heavy atom. The van der Waals surface area contributed by atoms with Gasteiger partial charge in [0.25, 0.3) is 0 Å². The first-order valence-corrected chi connectivity index (χ1v) is 8.47. The van der Waals surface area contributed by atoms with Crippen LogP contribution in [0.5, 0.6) is 0 Å². The van der Waals surface area contributed by atoms with E-state index < -0.39 is 0 Å². The second kappa shape index (κ2) is 7.75. The minimum Gasteiger partial charge on any atom is -0.362 e. The van der Waals surface area contributed by atoms with E-state index in [0.717, 1.165) is 27.7 Å². The van der Waals surface area contributed by atoms with E-state index >= 15 is 0 Å². The molecule has 2 rings (SSSR count). The van der Waals surface area contributed by atoms with Crippen LogP contribution in [0.3, 0.4) is 0 Å². The number of hydrogen-bond acceptors (Lipinski definition) is 4. The van der Waals surface area contributed by atoms with E-state index in [1.54, 1.807) is 6.20 Å². The van der Waals surface area contributed by atoms with E-state index in [2.05, 4.69) is 78.4 Å². The second-order valence-electron chi connectivity index (χ2n) is 4.74. The molecule has 2 aromatic rings. The van der Waals surface area contributed by atoms with Gasteiger partial charge in [-0.3, -0.25) is 0 Å². The van der Waals surface area contributed by atoms with Crippen molar-refractivity contribution in [3.05, 3.63) is 45.0 Å². The summed E-state index contributed by atoms with van der Waals surface area (Å²) in [6.45, 7) is 5.08. The predicted octanol–water partition coefficient (Wildman–Crippen LogP) is 5.00. The van der Waals surface area contributed by atoms with Crippen molar-refractivity contribution in [2.75, 3.05) is 17.2 Å². The maximum Gasteiger partial charge on any atom is 0.224 e. The van der Waals surface area contributed by atoms with Crippen LogP contribution < -0.4 is 10.6 Å². The fourth-order valence-electron chi connectivity index (χ4n) is 1.85. The van der Waals surface area contributed by atoms with E-state index in [-0.39, 0.29) is 6.04 Å². The van der Waals surface area contributed by atoms with Crippen LogP contribution in [0.25, 0.3) is 0 Å². The monoisotopic (exact) mass is 412 g/mol. The van der Waals surface area contributed by atoms with Crippen molar-refractivity contribution in [2.45, 2.75) is 26.3 Å². The summed E-state index contributed by atoms with van der Waals surface area (Å²) in [6.07, 6.45) is 2.80. The average molecular weight is 414 g/mol. The third kappa shape index (κ3) is 4.68. The van der Waals surface area contributed by atoms with Crippen molar-refractivity contribution in [1.82, 2.24) is 9.97 Å². The number of nitrogens with zero attached hydrogens (tertiary/aromatic N) is 2. The molecule has 1 atom stereocenters. The van der Waals surface area contributed by atoms with Gasteiger partial charge in [0.1, 0.15) is 5.82 Å². The lowest BCUT2D eigenvalue weighted by Crippen LogP contribution is -2.11. The van der Waals surface area contributed by atoms with Crippen LogP contribution >= 0.6 is 31.9 Å². The van der Waals surface area contributed by atoms with Gasteiger partial charge in [0.15, 0.2) is 0 Å². The molecule has 0 fully saturated rings. The molecule has 21 heavy (non-hydrogen) atoms. The molecule has 1 aromatic heterocycles. The Bertz CT molecular complexity index is 604. The summed E-state index contributed by atoms with van der Waals surface area (Å²) in [4.78, 5) is 8.76. The van der Waals surface area contributed by atoms with Gasteiger partial charge in [0.05, 0.1) is 10.5 Å². The lowest BCUT2D eigenvalue weighted by atomic mass is 10.1. The smallest absolute Gasteiger partial charge is 0.224 e. The lowest BCUT2D eigenvalue weighted by molar-refractivity contribution is 0.866. The summed E-state index contributed by atoms with van der Waals surface area (Å²) >= 11 is 6.99.